The van der Waals surface area contributed by atoms with Crippen LogP contribution in [0.3, 0.4) is 0 Å². The molecular formula is C13H25N3O2. The van der Waals surface area contributed by atoms with E-state index in [-0.39, 0.29) is 5.91 Å². The Kier molecular flexibility index (Phi) is 4.59. The number of nitrogens with one attached hydrogen (secondary N) is 1. The molecule has 0 aromatic heterocycles. The van der Waals surface area contributed by atoms with Crippen LogP contribution in [0.25, 0.3) is 0 Å². The predicted molar refractivity (Wildman–Crippen MR) is 70.4 cm³/mol. The fraction of sp³-hybridized carbons (Fsp3) is 0.923. The van der Waals surface area contributed by atoms with Gasteiger partial charge >= 0.3 is 0 Å². The van der Waals surface area contributed by atoms with Crippen LogP contribution in [0, 0.1) is 0 Å². The summed E-state index contributed by atoms with van der Waals surface area (Å²) in [5.74, 6) is 0.165. The van der Waals surface area contributed by atoms with Gasteiger partial charge in [-0.05, 0) is 25.9 Å². The standard InChI is InChI=1S/C13H25N3O2/c1-2-4-13(18)10-16(11-13)12(17)9-15-7-3-5-14-6-8-15/h14,18H,2-11H2,1H3. The Morgan fingerprint density at radius 2 is 2.11 bits per heavy atom. The quantitative estimate of drug-likeness (QED) is 0.721. The van der Waals surface area contributed by atoms with Crippen molar-refractivity contribution in [3.05, 3.63) is 0 Å². The summed E-state index contributed by atoms with van der Waals surface area (Å²) < 4.78 is 0. The molecule has 5 heteroatoms. The normalized spacial score (nSPS) is 24.4. The fourth-order valence-electron chi connectivity index (χ4n) is 2.82. The average molecular weight is 255 g/mol. The number of amides is 1. The highest BCUT2D eigenvalue weighted by molar-refractivity contribution is 5.79. The van der Waals surface area contributed by atoms with E-state index in [0.717, 1.165) is 45.4 Å². The molecule has 0 unspecified atom stereocenters. The lowest BCUT2D eigenvalue weighted by molar-refractivity contribution is -0.157. The number of rotatable bonds is 4. The molecule has 104 valence electrons. The van der Waals surface area contributed by atoms with Gasteiger partial charge in [-0.1, -0.05) is 13.3 Å². The molecule has 2 N–H and O–H groups in total. The summed E-state index contributed by atoms with van der Waals surface area (Å²) in [5.41, 5.74) is -0.606. The maximum atomic E-state index is 12.1. The van der Waals surface area contributed by atoms with Crippen molar-refractivity contribution in [2.75, 3.05) is 45.8 Å². The van der Waals surface area contributed by atoms with E-state index in [1.54, 1.807) is 4.90 Å². The minimum atomic E-state index is -0.606. The summed E-state index contributed by atoms with van der Waals surface area (Å²) in [6.45, 7) is 7.55. The number of carbonyl (C=O) groups excluding carboxylic acids is 1. The first-order valence-corrected chi connectivity index (χ1v) is 7.06. The van der Waals surface area contributed by atoms with Gasteiger partial charge in [-0.25, -0.2) is 0 Å². The highest BCUT2D eigenvalue weighted by Crippen LogP contribution is 2.25. The molecule has 0 bridgehead atoms. The van der Waals surface area contributed by atoms with Crippen molar-refractivity contribution in [3.63, 3.8) is 0 Å². The SMILES string of the molecule is CCCC1(O)CN(C(=O)CN2CCCNCC2)C1. The molecule has 18 heavy (non-hydrogen) atoms. The molecule has 0 aromatic carbocycles. The van der Waals surface area contributed by atoms with Crippen molar-refractivity contribution in [1.82, 2.24) is 15.1 Å². The van der Waals surface area contributed by atoms with Crippen LogP contribution in [-0.2, 0) is 4.79 Å². The zero-order valence-corrected chi connectivity index (χ0v) is 11.3. The van der Waals surface area contributed by atoms with Crippen LogP contribution in [0.15, 0.2) is 0 Å². The van der Waals surface area contributed by atoms with Crippen molar-refractivity contribution in [2.24, 2.45) is 0 Å². The summed E-state index contributed by atoms with van der Waals surface area (Å²) in [4.78, 5) is 16.0. The van der Waals surface area contributed by atoms with Crippen LogP contribution in [-0.4, -0.2) is 72.2 Å². The number of nitrogens with zero attached hydrogens (tertiary/aromatic N) is 2. The minimum absolute atomic E-state index is 0.165. The van der Waals surface area contributed by atoms with Gasteiger partial charge in [-0.15, -0.1) is 0 Å². The lowest BCUT2D eigenvalue weighted by Crippen LogP contribution is -2.64. The molecule has 2 fully saturated rings. The van der Waals surface area contributed by atoms with Crippen molar-refractivity contribution in [2.45, 2.75) is 31.8 Å². The maximum Gasteiger partial charge on any atom is 0.236 e. The first-order valence-electron chi connectivity index (χ1n) is 7.06. The van der Waals surface area contributed by atoms with Crippen LogP contribution in [0.5, 0.6) is 0 Å². The lowest BCUT2D eigenvalue weighted by Gasteiger charge is -2.47. The summed E-state index contributed by atoms with van der Waals surface area (Å²) >= 11 is 0. The third kappa shape index (κ3) is 3.43. The third-order valence-corrected chi connectivity index (χ3v) is 3.83. The number of likely N-dealkylation sites (tertiary alicyclic amines) is 1. The molecule has 1 amide bonds. The van der Waals surface area contributed by atoms with E-state index < -0.39 is 5.60 Å². The fourth-order valence-corrected chi connectivity index (χ4v) is 2.82. The molecule has 2 rings (SSSR count). The molecule has 0 spiro atoms. The Balaban J connectivity index is 1.72. The van der Waals surface area contributed by atoms with Crippen LogP contribution >= 0.6 is 0 Å². The summed E-state index contributed by atoms with van der Waals surface area (Å²) in [6, 6.07) is 0. The molecule has 0 atom stereocenters. The molecular weight excluding hydrogens is 230 g/mol. The molecule has 2 heterocycles. The zero-order chi connectivity index (χ0) is 13.0. The van der Waals surface area contributed by atoms with Gasteiger partial charge in [0.1, 0.15) is 0 Å². The van der Waals surface area contributed by atoms with Crippen molar-refractivity contribution < 1.29 is 9.90 Å². The Hall–Kier alpha value is -0.650. The number of hydrogen-bond acceptors (Lipinski definition) is 4. The zero-order valence-electron chi connectivity index (χ0n) is 11.3. The summed E-state index contributed by atoms with van der Waals surface area (Å²) in [6.07, 6.45) is 2.87. The maximum absolute atomic E-state index is 12.1. The number of carbonyl (C=O) groups is 1. The molecule has 2 saturated heterocycles. The Labute approximate surface area is 109 Å². The van der Waals surface area contributed by atoms with Crippen molar-refractivity contribution in [1.29, 1.82) is 0 Å². The summed E-state index contributed by atoms with van der Waals surface area (Å²) in [7, 11) is 0. The van der Waals surface area contributed by atoms with Gasteiger partial charge in [0.05, 0.1) is 25.2 Å². The molecule has 0 radical (unpaired) electrons. The highest BCUT2D eigenvalue weighted by Gasteiger charge is 2.42. The second-order valence-electron chi connectivity index (χ2n) is 5.60. The average Bonchev–Trinajstić information content (AvgIpc) is 2.54. The van der Waals surface area contributed by atoms with E-state index in [4.69, 9.17) is 0 Å². The largest absolute Gasteiger partial charge is 0.386 e. The summed E-state index contributed by atoms with van der Waals surface area (Å²) in [5, 5.41) is 13.4. The van der Waals surface area contributed by atoms with E-state index in [0.29, 0.717) is 19.6 Å². The highest BCUT2D eigenvalue weighted by atomic mass is 16.3. The second-order valence-corrected chi connectivity index (χ2v) is 5.60. The number of β-amino-alcohol motifs (C(OH)–C–C–N with tert-alkyl or cyclic N) is 1. The Bertz CT molecular complexity index is 282. The van der Waals surface area contributed by atoms with Crippen LogP contribution in [0.2, 0.25) is 0 Å². The predicted octanol–water partition coefficient (Wildman–Crippen LogP) is -0.345. The van der Waals surface area contributed by atoms with Gasteiger partial charge in [-0.3, -0.25) is 9.69 Å². The van der Waals surface area contributed by atoms with Gasteiger partial charge in [0.15, 0.2) is 0 Å². The first-order chi connectivity index (χ1) is 8.63. The number of aliphatic hydroxyl groups is 1. The molecule has 0 saturated carbocycles. The van der Waals surface area contributed by atoms with E-state index in [9.17, 15) is 9.90 Å². The van der Waals surface area contributed by atoms with E-state index in [1.165, 1.54) is 0 Å². The second kappa shape index (κ2) is 5.99. The molecule has 5 nitrogen and oxygen atoms in total. The van der Waals surface area contributed by atoms with Crippen LogP contribution in [0.4, 0.5) is 0 Å². The van der Waals surface area contributed by atoms with E-state index in [2.05, 4.69) is 17.1 Å². The Morgan fingerprint density at radius 1 is 1.33 bits per heavy atom. The molecule has 2 aliphatic heterocycles. The minimum Gasteiger partial charge on any atom is -0.386 e. The molecule has 0 aliphatic carbocycles. The Morgan fingerprint density at radius 3 is 2.83 bits per heavy atom. The van der Waals surface area contributed by atoms with Gasteiger partial charge in [0, 0.05) is 13.1 Å². The van der Waals surface area contributed by atoms with Gasteiger partial charge in [0.25, 0.3) is 0 Å². The monoisotopic (exact) mass is 255 g/mol. The van der Waals surface area contributed by atoms with Gasteiger partial charge < -0.3 is 15.3 Å². The van der Waals surface area contributed by atoms with Crippen molar-refractivity contribution in [3.8, 4) is 0 Å². The van der Waals surface area contributed by atoms with Gasteiger partial charge in [0.2, 0.25) is 5.91 Å². The molecule has 2 aliphatic rings. The first kappa shape index (κ1) is 13.8. The van der Waals surface area contributed by atoms with Crippen LogP contribution < -0.4 is 5.32 Å². The third-order valence-electron chi connectivity index (χ3n) is 3.83. The van der Waals surface area contributed by atoms with Gasteiger partial charge in [-0.2, -0.15) is 0 Å². The lowest BCUT2D eigenvalue weighted by atomic mass is 9.89. The van der Waals surface area contributed by atoms with Crippen molar-refractivity contribution >= 4 is 5.91 Å². The van der Waals surface area contributed by atoms with E-state index in [1.807, 2.05) is 0 Å². The topological polar surface area (TPSA) is 55.8 Å². The number of hydrogen-bond donors (Lipinski definition) is 2. The molecule has 0 aromatic rings. The van der Waals surface area contributed by atoms with Crippen LogP contribution in [0.1, 0.15) is 26.2 Å². The smallest absolute Gasteiger partial charge is 0.236 e. The van der Waals surface area contributed by atoms with E-state index >= 15 is 0 Å².